The first-order valence-corrected chi connectivity index (χ1v) is 17.7. The van der Waals surface area contributed by atoms with Crippen molar-refractivity contribution >= 4 is 33.2 Å². The van der Waals surface area contributed by atoms with Crippen LogP contribution in [0.4, 0.5) is 5.69 Å². The summed E-state index contributed by atoms with van der Waals surface area (Å²) < 4.78 is 41.8. The summed E-state index contributed by atoms with van der Waals surface area (Å²) in [5, 5.41) is 11.0. The SMILES string of the molecule is CO[C@@H]1C/C=C/[C@H](O)C2CCC2CN2C[C@@]3(CCCc4cc(Cl)ccc43)COc3ccc(cc32)C(=O)NS(=O)(=O)[C@@H]1C(C)C. The molecule has 44 heavy (non-hydrogen) atoms. The van der Waals surface area contributed by atoms with Crippen molar-refractivity contribution in [1.29, 1.82) is 0 Å². The molecule has 238 valence electrons. The molecule has 10 heteroatoms. The van der Waals surface area contributed by atoms with Crippen LogP contribution in [-0.2, 0) is 26.6 Å². The lowest BCUT2D eigenvalue weighted by Crippen LogP contribution is -2.49. The number of fused-ring (bicyclic) bond motifs is 4. The van der Waals surface area contributed by atoms with Crippen molar-refractivity contribution in [3.8, 4) is 5.75 Å². The summed E-state index contributed by atoms with van der Waals surface area (Å²) in [4.78, 5) is 15.9. The number of aliphatic hydroxyl groups is 1. The molecule has 2 unspecified atom stereocenters. The molecule has 1 spiro atoms. The fraction of sp³-hybridized carbons (Fsp3) is 0.559. The van der Waals surface area contributed by atoms with Crippen molar-refractivity contribution in [2.45, 2.75) is 75.2 Å². The number of carbonyl (C=O) groups is 1. The second kappa shape index (κ2) is 12.3. The molecule has 0 aromatic heterocycles. The highest BCUT2D eigenvalue weighted by Crippen LogP contribution is 2.46. The number of benzene rings is 2. The van der Waals surface area contributed by atoms with Gasteiger partial charge in [0.2, 0.25) is 10.0 Å². The van der Waals surface area contributed by atoms with Crippen molar-refractivity contribution in [2.24, 2.45) is 17.8 Å². The molecule has 2 bridgehead atoms. The number of nitrogens with one attached hydrogen (secondary N) is 1. The molecule has 4 aliphatic rings. The van der Waals surface area contributed by atoms with Crippen LogP contribution in [0, 0.1) is 17.8 Å². The van der Waals surface area contributed by atoms with Crippen LogP contribution < -0.4 is 14.4 Å². The van der Waals surface area contributed by atoms with Gasteiger partial charge >= 0.3 is 0 Å². The van der Waals surface area contributed by atoms with Crippen molar-refractivity contribution in [3.05, 3.63) is 70.3 Å². The monoisotopic (exact) mass is 642 g/mol. The summed E-state index contributed by atoms with van der Waals surface area (Å²) in [5.74, 6) is -0.00166. The maximum absolute atomic E-state index is 13.6. The van der Waals surface area contributed by atoms with Gasteiger partial charge in [0.25, 0.3) is 5.91 Å². The van der Waals surface area contributed by atoms with E-state index < -0.39 is 33.4 Å². The minimum absolute atomic E-state index is 0.0808. The molecule has 8 nitrogen and oxygen atoms in total. The van der Waals surface area contributed by atoms with E-state index in [1.165, 1.54) is 18.2 Å². The predicted octanol–water partition coefficient (Wildman–Crippen LogP) is 5.26. The van der Waals surface area contributed by atoms with Crippen LogP contribution in [-0.4, -0.2) is 63.7 Å². The number of rotatable bonds is 2. The molecular weight excluding hydrogens is 600 g/mol. The molecule has 0 radical (unpaired) electrons. The number of halogens is 1. The van der Waals surface area contributed by atoms with Crippen molar-refractivity contribution in [1.82, 2.24) is 4.72 Å². The largest absolute Gasteiger partial charge is 0.490 e. The quantitative estimate of drug-likeness (QED) is 0.431. The van der Waals surface area contributed by atoms with E-state index in [1.807, 2.05) is 12.1 Å². The van der Waals surface area contributed by atoms with Gasteiger partial charge in [-0.3, -0.25) is 4.79 Å². The third-order valence-corrected chi connectivity index (χ3v) is 12.6. The van der Waals surface area contributed by atoms with Crippen LogP contribution in [0.3, 0.4) is 0 Å². The Labute approximate surface area is 265 Å². The fourth-order valence-corrected chi connectivity index (χ4v) is 9.96. The second-order valence-electron chi connectivity index (χ2n) is 13.4. The summed E-state index contributed by atoms with van der Waals surface area (Å²) >= 11 is 6.40. The predicted molar refractivity (Wildman–Crippen MR) is 172 cm³/mol. The van der Waals surface area contributed by atoms with E-state index in [1.54, 1.807) is 38.1 Å². The highest BCUT2D eigenvalue weighted by molar-refractivity contribution is 7.90. The Bertz CT molecular complexity index is 1540. The first-order valence-electron chi connectivity index (χ1n) is 15.8. The van der Waals surface area contributed by atoms with Crippen LogP contribution in [0.25, 0.3) is 0 Å². The lowest BCUT2D eigenvalue weighted by Gasteiger charge is -2.45. The Morgan fingerprint density at radius 1 is 1.18 bits per heavy atom. The van der Waals surface area contributed by atoms with Gasteiger partial charge in [0, 0.05) is 36.2 Å². The maximum atomic E-state index is 13.6. The zero-order valence-electron chi connectivity index (χ0n) is 25.7. The molecule has 2 aliphatic heterocycles. The van der Waals surface area contributed by atoms with Gasteiger partial charge in [-0.1, -0.05) is 43.7 Å². The topological polar surface area (TPSA) is 105 Å². The molecule has 2 aromatic carbocycles. The number of aryl methyl sites for hydroxylation is 1. The van der Waals surface area contributed by atoms with Crippen molar-refractivity contribution in [2.75, 3.05) is 31.7 Å². The van der Waals surface area contributed by atoms with E-state index in [4.69, 9.17) is 21.1 Å². The Hall–Kier alpha value is -2.59. The minimum atomic E-state index is -4.11. The normalized spacial score (nSPS) is 32.5. The highest BCUT2D eigenvalue weighted by atomic mass is 35.5. The number of hydrogen-bond donors (Lipinski definition) is 2. The van der Waals surface area contributed by atoms with Gasteiger partial charge in [0.15, 0.2) is 0 Å². The van der Waals surface area contributed by atoms with Crippen molar-refractivity contribution < 1.29 is 27.8 Å². The summed E-state index contributed by atoms with van der Waals surface area (Å²) in [6.45, 7) is 5.47. The number of sulfonamides is 1. The Kier molecular flexibility index (Phi) is 8.78. The number of hydrogen-bond acceptors (Lipinski definition) is 7. The molecule has 6 atom stereocenters. The van der Waals surface area contributed by atoms with Crippen LogP contribution >= 0.6 is 11.6 Å². The van der Waals surface area contributed by atoms with Gasteiger partial charge in [-0.15, -0.1) is 0 Å². The Morgan fingerprint density at radius 3 is 2.73 bits per heavy atom. The molecule has 2 heterocycles. The number of anilines is 1. The van der Waals surface area contributed by atoms with Gasteiger partial charge < -0.3 is 19.5 Å². The van der Waals surface area contributed by atoms with Gasteiger partial charge in [0.05, 0.1) is 24.5 Å². The zero-order valence-corrected chi connectivity index (χ0v) is 27.2. The van der Waals surface area contributed by atoms with Crippen LogP contribution in [0.2, 0.25) is 5.02 Å². The molecule has 1 amide bonds. The smallest absolute Gasteiger partial charge is 0.264 e. The molecule has 2 N–H and O–H groups in total. The lowest BCUT2D eigenvalue weighted by molar-refractivity contribution is 0.0450. The van der Waals surface area contributed by atoms with Crippen molar-refractivity contribution in [3.63, 3.8) is 0 Å². The third-order valence-electron chi connectivity index (χ3n) is 10.3. The molecule has 6 rings (SSSR count). The third kappa shape index (κ3) is 5.88. The number of ether oxygens (including phenoxy) is 2. The van der Waals surface area contributed by atoms with Gasteiger partial charge in [-0.05, 0) is 97.7 Å². The molecule has 1 saturated carbocycles. The maximum Gasteiger partial charge on any atom is 0.264 e. The van der Waals surface area contributed by atoms with Crippen LogP contribution in [0.5, 0.6) is 5.75 Å². The molecule has 2 aliphatic carbocycles. The van der Waals surface area contributed by atoms with E-state index >= 15 is 0 Å². The minimum Gasteiger partial charge on any atom is -0.490 e. The molecule has 1 fully saturated rings. The molecule has 2 aromatic rings. The molecule has 0 saturated heterocycles. The Balaban J connectivity index is 1.43. The summed E-state index contributed by atoms with van der Waals surface area (Å²) in [7, 11) is -2.63. The Morgan fingerprint density at radius 2 is 2.00 bits per heavy atom. The number of carbonyl (C=O) groups excluding carboxylic acids is 1. The van der Waals surface area contributed by atoms with E-state index in [0.29, 0.717) is 31.9 Å². The first-order chi connectivity index (χ1) is 21.0. The zero-order chi connectivity index (χ0) is 31.2. The standard InChI is InChI=1S/C34H43ClN2O6S/c1-21(2)32-31(42-3)8-4-7-29(38)26-12-9-24(26)18-37-19-34(15-5-6-22-16-25(35)11-13-27(22)34)20-43-30-14-10-23(17-28(30)37)33(39)36-44(32,40)41/h4,7,10-11,13-14,16-17,21,24,26,29,31-32,38H,5-6,8-9,12,15,18-20H2,1-3H3,(H,36,39)/b7-4+/t24?,26?,29-,31+,32+,34-/m0/s1. The van der Waals surface area contributed by atoms with E-state index in [0.717, 1.165) is 42.8 Å². The number of nitrogens with zero attached hydrogens (tertiary/aromatic N) is 1. The van der Waals surface area contributed by atoms with Gasteiger partial charge in [-0.2, -0.15) is 0 Å². The average molecular weight is 643 g/mol. The number of amides is 1. The lowest BCUT2D eigenvalue weighted by atomic mass is 9.68. The van der Waals surface area contributed by atoms with E-state index in [2.05, 4.69) is 21.8 Å². The van der Waals surface area contributed by atoms with Crippen LogP contribution in [0.1, 0.15) is 67.4 Å². The van der Waals surface area contributed by atoms with E-state index in [9.17, 15) is 18.3 Å². The summed E-state index contributed by atoms with van der Waals surface area (Å²) in [5.41, 5.74) is 3.24. The van der Waals surface area contributed by atoms with Gasteiger partial charge in [-0.25, -0.2) is 13.1 Å². The summed E-state index contributed by atoms with van der Waals surface area (Å²) in [6.07, 6.45) is 7.43. The fourth-order valence-electron chi connectivity index (χ4n) is 7.91. The summed E-state index contributed by atoms with van der Waals surface area (Å²) in [6, 6.07) is 11.3. The number of aliphatic hydroxyl groups excluding tert-OH is 1. The van der Waals surface area contributed by atoms with Crippen LogP contribution in [0.15, 0.2) is 48.6 Å². The second-order valence-corrected chi connectivity index (χ2v) is 15.7. The average Bonchev–Trinajstić information content (AvgIpc) is 3.10. The highest BCUT2D eigenvalue weighted by Gasteiger charge is 2.44. The first kappa shape index (κ1) is 31.4. The van der Waals surface area contributed by atoms with E-state index in [-0.39, 0.29) is 28.7 Å². The number of methoxy groups -OCH3 is 1. The van der Waals surface area contributed by atoms with Gasteiger partial charge in [0.1, 0.15) is 11.0 Å². The molecular formula is C34H43ClN2O6S.